The minimum Gasteiger partial charge on any atom is -0.366 e. The minimum atomic E-state index is -0.287. The quantitative estimate of drug-likeness (QED) is 0.718. The van der Waals surface area contributed by atoms with E-state index in [2.05, 4.69) is 19.0 Å². The van der Waals surface area contributed by atoms with Crippen molar-refractivity contribution in [3.05, 3.63) is 11.6 Å². The molecule has 0 radical (unpaired) electrons. The Morgan fingerprint density at radius 3 is 2.20 bits per heavy atom. The Balaban J connectivity index is 2.44. The summed E-state index contributed by atoms with van der Waals surface area (Å²) in [5.74, 6) is 0.262. The maximum Gasteiger partial charge on any atom is 0.244 e. The second-order valence-electron chi connectivity index (χ2n) is 4.75. The Morgan fingerprint density at radius 2 is 1.80 bits per heavy atom. The summed E-state index contributed by atoms with van der Waals surface area (Å²) in [7, 11) is 4.27. The van der Waals surface area contributed by atoms with Crippen LogP contribution in [0.4, 0.5) is 0 Å². The third-order valence-corrected chi connectivity index (χ3v) is 3.35. The maximum absolute atomic E-state index is 10.9. The molecule has 1 fully saturated rings. The average Bonchev–Trinajstić information content (AvgIpc) is 2.18. The molecule has 0 aromatic carbocycles. The Hall–Kier alpha value is -0.830. The predicted molar refractivity (Wildman–Crippen MR) is 62.4 cm³/mol. The van der Waals surface area contributed by atoms with Gasteiger partial charge in [0.1, 0.15) is 0 Å². The van der Waals surface area contributed by atoms with Crippen molar-refractivity contribution in [2.24, 2.45) is 11.7 Å². The number of carbonyl (C=O) groups excluding carboxylic acids is 1. The summed E-state index contributed by atoms with van der Waals surface area (Å²) < 4.78 is 0. The van der Waals surface area contributed by atoms with E-state index in [1.165, 1.54) is 25.7 Å². The molecule has 0 atom stereocenters. The molecule has 1 aliphatic rings. The number of primary amides is 1. The number of nitrogens with two attached hydrogens (primary N) is 1. The fourth-order valence-corrected chi connectivity index (χ4v) is 2.22. The Morgan fingerprint density at radius 1 is 1.27 bits per heavy atom. The number of amides is 1. The molecule has 0 aromatic rings. The number of carbonyl (C=O) groups is 1. The molecule has 86 valence electrons. The van der Waals surface area contributed by atoms with Crippen molar-refractivity contribution < 1.29 is 4.79 Å². The summed E-state index contributed by atoms with van der Waals surface area (Å²) in [5.41, 5.74) is 5.92. The van der Waals surface area contributed by atoms with Crippen molar-refractivity contribution >= 4 is 5.91 Å². The summed E-state index contributed by atoms with van der Waals surface area (Å²) in [5, 5.41) is 0. The van der Waals surface area contributed by atoms with Crippen LogP contribution in [0.15, 0.2) is 11.6 Å². The molecule has 0 heterocycles. The zero-order valence-corrected chi connectivity index (χ0v) is 9.99. The molecule has 1 rings (SSSR count). The molecular weight excluding hydrogens is 188 g/mol. The van der Waals surface area contributed by atoms with Gasteiger partial charge >= 0.3 is 0 Å². The van der Waals surface area contributed by atoms with Crippen molar-refractivity contribution in [3.8, 4) is 0 Å². The Kier molecular flexibility index (Phi) is 4.33. The van der Waals surface area contributed by atoms with Crippen molar-refractivity contribution in [2.45, 2.75) is 38.6 Å². The van der Waals surface area contributed by atoms with Gasteiger partial charge in [0, 0.05) is 11.6 Å². The van der Waals surface area contributed by atoms with Crippen LogP contribution >= 0.6 is 0 Å². The smallest absolute Gasteiger partial charge is 0.244 e. The number of hydrogen-bond donors (Lipinski definition) is 1. The van der Waals surface area contributed by atoms with Crippen molar-refractivity contribution in [1.29, 1.82) is 0 Å². The van der Waals surface area contributed by atoms with Crippen LogP contribution in [0.25, 0.3) is 0 Å². The third kappa shape index (κ3) is 3.67. The molecule has 1 saturated carbocycles. The SMILES string of the molecule is C/C(=C\C1CCC(N(C)C)CC1)C(N)=O. The van der Waals surface area contributed by atoms with Crippen LogP contribution in [0.5, 0.6) is 0 Å². The van der Waals surface area contributed by atoms with Gasteiger partial charge in [0.25, 0.3) is 0 Å². The van der Waals surface area contributed by atoms with Crippen molar-refractivity contribution in [2.75, 3.05) is 14.1 Å². The molecule has 0 spiro atoms. The van der Waals surface area contributed by atoms with Gasteiger partial charge in [-0.3, -0.25) is 4.79 Å². The van der Waals surface area contributed by atoms with Gasteiger partial charge in [0.2, 0.25) is 5.91 Å². The van der Waals surface area contributed by atoms with Crippen LogP contribution in [0.2, 0.25) is 0 Å². The second-order valence-corrected chi connectivity index (χ2v) is 4.75. The van der Waals surface area contributed by atoms with Crippen LogP contribution in [-0.4, -0.2) is 30.9 Å². The first-order valence-electron chi connectivity index (χ1n) is 5.65. The predicted octanol–water partition coefficient (Wildman–Crippen LogP) is 1.54. The highest BCUT2D eigenvalue weighted by Gasteiger charge is 2.21. The minimum absolute atomic E-state index is 0.287. The first-order chi connectivity index (χ1) is 7.00. The number of hydrogen-bond acceptors (Lipinski definition) is 2. The standard InChI is InChI=1S/C12H22N2O/c1-9(12(13)15)8-10-4-6-11(7-5-10)14(2)3/h8,10-11H,4-7H2,1-3H3,(H2,13,15)/b9-8+. The van der Waals surface area contributed by atoms with Crippen molar-refractivity contribution in [3.63, 3.8) is 0 Å². The molecule has 0 aromatic heterocycles. The zero-order valence-electron chi connectivity index (χ0n) is 9.99. The lowest BCUT2D eigenvalue weighted by molar-refractivity contribution is -0.114. The van der Waals surface area contributed by atoms with Crippen LogP contribution < -0.4 is 5.73 Å². The maximum atomic E-state index is 10.9. The van der Waals surface area contributed by atoms with E-state index in [1.54, 1.807) is 6.92 Å². The molecular formula is C12H22N2O. The van der Waals surface area contributed by atoms with E-state index in [-0.39, 0.29) is 5.91 Å². The molecule has 0 aliphatic heterocycles. The molecule has 0 unspecified atom stereocenters. The first kappa shape index (κ1) is 12.2. The summed E-state index contributed by atoms with van der Waals surface area (Å²) in [4.78, 5) is 13.2. The molecule has 1 aliphatic carbocycles. The van der Waals surface area contributed by atoms with Gasteiger partial charge in [0.15, 0.2) is 0 Å². The van der Waals surface area contributed by atoms with Crippen molar-refractivity contribution in [1.82, 2.24) is 4.90 Å². The summed E-state index contributed by atoms with van der Waals surface area (Å²) in [6, 6.07) is 0.712. The number of allylic oxidation sites excluding steroid dienone is 1. The van der Waals surface area contributed by atoms with Gasteiger partial charge in [-0.1, -0.05) is 6.08 Å². The molecule has 3 heteroatoms. The van der Waals surface area contributed by atoms with Crippen LogP contribution in [0.3, 0.4) is 0 Å². The van der Waals surface area contributed by atoms with E-state index in [1.807, 2.05) is 6.08 Å². The fraction of sp³-hybridized carbons (Fsp3) is 0.750. The van der Waals surface area contributed by atoms with Gasteiger partial charge in [-0.25, -0.2) is 0 Å². The van der Waals surface area contributed by atoms with E-state index in [0.29, 0.717) is 17.5 Å². The van der Waals surface area contributed by atoms with E-state index >= 15 is 0 Å². The zero-order chi connectivity index (χ0) is 11.4. The summed E-state index contributed by atoms with van der Waals surface area (Å²) >= 11 is 0. The normalized spacial score (nSPS) is 28.1. The van der Waals surface area contributed by atoms with Gasteiger partial charge in [0.05, 0.1) is 0 Å². The van der Waals surface area contributed by atoms with Gasteiger partial charge in [-0.15, -0.1) is 0 Å². The van der Waals surface area contributed by atoms with Gasteiger partial charge in [-0.2, -0.15) is 0 Å². The second kappa shape index (κ2) is 5.31. The van der Waals surface area contributed by atoms with Crippen LogP contribution in [0.1, 0.15) is 32.6 Å². The lowest BCUT2D eigenvalue weighted by Gasteiger charge is -2.31. The molecule has 0 saturated heterocycles. The fourth-order valence-electron chi connectivity index (χ4n) is 2.22. The average molecular weight is 210 g/mol. The van der Waals surface area contributed by atoms with E-state index < -0.39 is 0 Å². The van der Waals surface area contributed by atoms with E-state index in [0.717, 1.165) is 0 Å². The topological polar surface area (TPSA) is 46.3 Å². The summed E-state index contributed by atoms with van der Waals surface area (Å²) in [6.45, 7) is 1.81. The summed E-state index contributed by atoms with van der Waals surface area (Å²) in [6.07, 6.45) is 6.84. The monoisotopic (exact) mass is 210 g/mol. The Labute approximate surface area is 92.3 Å². The molecule has 3 nitrogen and oxygen atoms in total. The number of rotatable bonds is 3. The van der Waals surface area contributed by atoms with Crippen LogP contribution in [0, 0.1) is 5.92 Å². The lowest BCUT2D eigenvalue weighted by Crippen LogP contribution is -2.31. The molecule has 15 heavy (non-hydrogen) atoms. The highest BCUT2D eigenvalue weighted by molar-refractivity contribution is 5.91. The lowest BCUT2D eigenvalue weighted by atomic mass is 9.84. The van der Waals surface area contributed by atoms with Crippen LogP contribution in [-0.2, 0) is 4.79 Å². The van der Waals surface area contributed by atoms with Gasteiger partial charge < -0.3 is 10.6 Å². The molecule has 2 N–H and O–H groups in total. The third-order valence-electron chi connectivity index (χ3n) is 3.35. The Bertz CT molecular complexity index is 250. The largest absolute Gasteiger partial charge is 0.366 e. The highest BCUT2D eigenvalue weighted by atomic mass is 16.1. The highest BCUT2D eigenvalue weighted by Crippen LogP contribution is 2.28. The first-order valence-corrected chi connectivity index (χ1v) is 5.65. The van der Waals surface area contributed by atoms with E-state index in [9.17, 15) is 4.79 Å². The van der Waals surface area contributed by atoms with Gasteiger partial charge in [-0.05, 0) is 52.6 Å². The van der Waals surface area contributed by atoms with E-state index in [4.69, 9.17) is 5.73 Å². The molecule has 1 amide bonds. The number of nitrogens with zero attached hydrogens (tertiary/aromatic N) is 1. The molecule has 0 bridgehead atoms.